The van der Waals surface area contributed by atoms with E-state index >= 15 is 0 Å². The summed E-state index contributed by atoms with van der Waals surface area (Å²) >= 11 is 0. The van der Waals surface area contributed by atoms with Crippen molar-refractivity contribution < 1.29 is 9.53 Å². The van der Waals surface area contributed by atoms with E-state index in [4.69, 9.17) is 4.74 Å². The van der Waals surface area contributed by atoms with Crippen LogP contribution in [0.4, 0.5) is 34.8 Å². The van der Waals surface area contributed by atoms with Gasteiger partial charge in [0.2, 0.25) is 5.95 Å². The summed E-state index contributed by atoms with van der Waals surface area (Å²) in [6, 6.07) is 11.9. The van der Waals surface area contributed by atoms with Crippen LogP contribution in [0.25, 0.3) is 0 Å². The van der Waals surface area contributed by atoms with Crippen LogP contribution in [0.2, 0.25) is 0 Å². The molecule has 2 aliphatic heterocycles. The number of pyridine rings is 1. The zero-order valence-corrected chi connectivity index (χ0v) is 20.4. The lowest BCUT2D eigenvalue weighted by molar-refractivity contribution is -0.129. The average molecular weight is 475 g/mol. The summed E-state index contributed by atoms with van der Waals surface area (Å²) in [4.78, 5) is 30.5. The van der Waals surface area contributed by atoms with Crippen molar-refractivity contribution >= 4 is 40.7 Å². The predicted octanol–water partition coefficient (Wildman–Crippen LogP) is 3.53. The van der Waals surface area contributed by atoms with Gasteiger partial charge in [-0.25, -0.2) is 9.97 Å². The molecule has 0 aliphatic carbocycles. The minimum Gasteiger partial charge on any atom is -0.474 e. The first-order valence-electron chi connectivity index (χ1n) is 11.7. The molecule has 1 fully saturated rings. The summed E-state index contributed by atoms with van der Waals surface area (Å²) < 4.78 is 5.75. The van der Waals surface area contributed by atoms with Gasteiger partial charge >= 0.3 is 0 Å². The largest absolute Gasteiger partial charge is 0.474 e. The Morgan fingerprint density at radius 2 is 1.74 bits per heavy atom. The molecule has 182 valence electrons. The Labute approximate surface area is 204 Å². The van der Waals surface area contributed by atoms with E-state index in [1.165, 1.54) is 5.69 Å². The van der Waals surface area contributed by atoms with Gasteiger partial charge in [0, 0.05) is 49.3 Å². The zero-order chi connectivity index (χ0) is 24.6. The van der Waals surface area contributed by atoms with E-state index in [9.17, 15) is 4.79 Å². The number of hydrogen-bond donors (Lipinski definition) is 3. The molecule has 0 saturated carbocycles. The standard InChI is InChI=1S/C25H30N8O2/c1-16-15-26-24(27-17-5-7-18(8-6-17)33-13-11-32(4)12-14-33)31-21(16)28-20-10-9-19-22(29-20)30-23(34)25(2,3)35-19/h5-10,15H,11-14H2,1-4H3,(H3,26,27,28,29,30,31,34). The average Bonchev–Trinajstić information content (AvgIpc) is 2.83. The molecule has 35 heavy (non-hydrogen) atoms. The van der Waals surface area contributed by atoms with Crippen LogP contribution < -0.4 is 25.6 Å². The fourth-order valence-corrected chi connectivity index (χ4v) is 3.97. The lowest BCUT2D eigenvalue weighted by Gasteiger charge is -2.34. The van der Waals surface area contributed by atoms with Crippen molar-refractivity contribution in [3.05, 3.63) is 48.2 Å². The van der Waals surface area contributed by atoms with Gasteiger partial charge in [-0.15, -0.1) is 0 Å². The van der Waals surface area contributed by atoms with Gasteiger partial charge in [-0.1, -0.05) is 0 Å². The molecular weight excluding hydrogens is 444 g/mol. The molecule has 10 nitrogen and oxygen atoms in total. The Hall–Kier alpha value is -3.92. The minimum atomic E-state index is -0.934. The number of aryl methyl sites for hydroxylation is 1. The summed E-state index contributed by atoms with van der Waals surface area (Å²) in [5, 5.41) is 9.29. The third-order valence-corrected chi connectivity index (χ3v) is 6.21. The van der Waals surface area contributed by atoms with E-state index in [1.807, 2.05) is 19.1 Å². The summed E-state index contributed by atoms with van der Waals surface area (Å²) in [5.41, 5.74) is 2.05. The number of anilines is 6. The van der Waals surface area contributed by atoms with Gasteiger partial charge in [0.15, 0.2) is 17.2 Å². The minimum absolute atomic E-state index is 0.238. The van der Waals surface area contributed by atoms with Crippen molar-refractivity contribution in [2.24, 2.45) is 0 Å². The molecule has 1 saturated heterocycles. The van der Waals surface area contributed by atoms with Gasteiger partial charge in [0.1, 0.15) is 11.6 Å². The van der Waals surface area contributed by atoms with Gasteiger partial charge in [-0.05, 0) is 64.2 Å². The maximum absolute atomic E-state index is 12.2. The molecule has 0 atom stereocenters. The molecule has 2 aliphatic rings. The molecule has 3 aromatic rings. The fraction of sp³-hybridized carbons (Fsp3) is 0.360. The van der Waals surface area contributed by atoms with Crippen molar-refractivity contribution in [1.82, 2.24) is 19.9 Å². The highest BCUT2D eigenvalue weighted by Crippen LogP contribution is 2.33. The molecule has 10 heteroatoms. The maximum atomic E-state index is 12.2. The van der Waals surface area contributed by atoms with E-state index in [0.29, 0.717) is 29.2 Å². The van der Waals surface area contributed by atoms with E-state index < -0.39 is 5.60 Å². The van der Waals surface area contributed by atoms with Crippen LogP contribution in [0.15, 0.2) is 42.6 Å². The van der Waals surface area contributed by atoms with Crippen LogP contribution in [0.3, 0.4) is 0 Å². The number of piperazine rings is 1. The first-order chi connectivity index (χ1) is 16.8. The Morgan fingerprint density at radius 1 is 1.00 bits per heavy atom. The normalized spacial score (nSPS) is 17.3. The Kier molecular flexibility index (Phi) is 5.89. The first-order valence-corrected chi connectivity index (χ1v) is 11.7. The van der Waals surface area contributed by atoms with Gasteiger partial charge in [-0.2, -0.15) is 4.98 Å². The molecule has 1 aromatic carbocycles. The van der Waals surface area contributed by atoms with Crippen LogP contribution in [-0.2, 0) is 4.79 Å². The highest BCUT2D eigenvalue weighted by Gasteiger charge is 2.36. The van der Waals surface area contributed by atoms with Gasteiger partial charge in [-0.3, -0.25) is 4.79 Å². The highest BCUT2D eigenvalue weighted by atomic mass is 16.5. The molecule has 3 N–H and O–H groups in total. The number of carbonyl (C=O) groups excluding carboxylic acids is 1. The lowest BCUT2D eigenvalue weighted by atomic mass is 10.1. The van der Waals surface area contributed by atoms with Gasteiger partial charge < -0.3 is 30.5 Å². The second-order valence-corrected chi connectivity index (χ2v) is 9.42. The molecule has 1 amide bonds. The van der Waals surface area contributed by atoms with E-state index in [2.05, 4.69) is 59.9 Å². The number of aromatic nitrogens is 3. The van der Waals surface area contributed by atoms with Crippen LogP contribution in [0.1, 0.15) is 19.4 Å². The summed E-state index contributed by atoms with van der Waals surface area (Å²) in [6.45, 7) is 9.56. The zero-order valence-electron chi connectivity index (χ0n) is 20.4. The Bertz CT molecular complexity index is 1240. The highest BCUT2D eigenvalue weighted by molar-refractivity contribution is 5.99. The van der Waals surface area contributed by atoms with Crippen molar-refractivity contribution in [3.63, 3.8) is 0 Å². The van der Waals surface area contributed by atoms with Crippen LogP contribution in [0.5, 0.6) is 5.75 Å². The van der Waals surface area contributed by atoms with Crippen LogP contribution >= 0.6 is 0 Å². The Balaban J connectivity index is 1.28. The number of carbonyl (C=O) groups is 1. The second-order valence-electron chi connectivity index (χ2n) is 9.42. The topological polar surface area (TPSA) is 108 Å². The SMILES string of the molecule is Cc1cnc(Nc2ccc(N3CCN(C)CC3)cc2)nc1Nc1ccc2c(n1)NC(=O)C(C)(C)O2. The van der Waals surface area contributed by atoms with Crippen molar-refractivity contribution in [1.29, 1.82) is 0 Å². The summed E-state index contributed by atoms with van der Waals surface area (Å²) in [7, 11) is 2.16. The number of amides is 1. The van der Waals surface area contributed by atoms with E-state index in [0.717, 1.165) is 37.4 Å². The number of likely N-dealkylation sites (N-methyl/N-ethyl adjacent to an activating group) is 1. The quantitative estimate of drug-likeness (QED) is 0.512. The number of ether oxygens (including phenoxy) is 1. The van der Waals surface area contributed by atoms with Crippen molar-refractivity contribution in [3.8, 4) is 5.75 Å². The lowest BCUT2D eigenvalue weighted by Crippen LogP contribution is -2.46. The van der Waals surface area contributed by atoms with Crippen LogP contribution in [-0.4, -0.2) is 64.6 Å². The summed E-state index contributed by atoms with van der Waals surface area (Å²) in [5.74, 6) is 2.30. The van der Waals surface area contributed by atoms with Crippen LogP contribution in [0, 0.1) is 6.92 Å². The number of benzene rings is 1. The number of nitrogens with one attached hydrogen (secondary N) is 3. The molecule has 0 unspecified atom stereocenters. The molecule has 0 spiro atoms. The first kappa shape index (κ1) is 22.9. The molecule has 0 radical (unpaired) electrons. The smallest absolute Gasteiger partial charge is 0.269 e. The second kappa shape index (κ2) is 9.03. The number of nitrogens with zero attached hydrogens (tertiary/aromatic N) is 5. The van der Waals surface area contributed by atoms with E-state index in [-0.39, 0.29) is 5.91 Å². The third-order valence-electron chi connectivity index (χ3n) is 6.21. The predicted molar refractivity (Wildman–Crippen MR) is 137 cm³/mol. The van der Waals surface area contributed by atoms with Gasteiger partial charge in [0.25, 0.3) is 5.91 Å². The monoisotopic (exact) mass is 474 g/mol. The van der Waals surface area contributed by atoms with Crippen molar-refractivity contribution in [2.45, 2.75) is 26.4 Å². The molecular formula is C25H30N8O2. The maximum Gasteiger partial charge on any atom is 0.269 e. The van der Waals surface area contributed by atoms with Crippen molar-refractivity contribution in [2.75, 3.05) is 54.1 Å². The third kappa shape index (κ3) is 4.97. The summed E-state index contributed by atoms with van der Waals surface area (Å²) in [6.07, 6.45) is 1.75. The Morgan fingerprint density at radius 3 is 2.49 bits per heavy atom. The number of hydrogen-bond acceptors (Lipinski definition) is 9. The molecule has 5 rings (SSSR count). The van der Waals surface area contributed by atoms with Gasteiger partial charge in [0.05, 0.1) is 0 Å². The number of rotatable bonds is 5. The molecule has 2 aromatic heterocycles. The van der Waals surface area contributed by atoms with E-state index in [1.54, 1.807) is 32.2 Å². The fourth-order valence-electron chi connectivity index (χ4n) is 3.97. The molecule has 0 bridgehead atoms. The number of fused-ring (bicyclic) bond motifs is 1. The molecule has 4 heterocycles.